The number of hydrogen-bond donors (Lipinski definition) is 2. The maximum atomic E-state index is 13.3. The van der Waals surface area contributed by atoms with E-state index in [1.807, 2.05) is 6.92 Å². The number of sulfonamides is 1. The molecule has 2 aliphatic rings. The van der Waals surface area contributed by atoms with Crippen LogP contribution >= 0.6 is 0 Å². The van der Waals surface area contributed by atoms with Gasteiger partial charge in [0, 0.05) is 62.9 Å². The van der Waals surface area contributed by atoms with Gasteiger partial charge in [0.25, 0.3) is 0 Å². The van der Waals surface area contributed by atoms with Crippen LogP contribution in [0.15, 0.2) is 35.6 Å². The van der Waals surface area contributed by atoms with Gasteiger partial charge in [-0.3, -0.25) is 4.90 Å². The van der Waals surface area contributed by atoms with E-state index in [0.717, 1.165) is 12.4 Å². The van der Waals surface area contributed by atoms with Gasteiger partial charge >= 0.3 is 6.18 Å². The monoisotopic (exact) mass is 545 g/mol. The average molecular weight is 546 g/mol. The zero-order chi connectivity index (χ0) is 27.0. The van der Waals surface area contributed by atoms with E-state index in [2.05, 4.69) is 19.9 Å². The topological polar surface area (TPSA) is 138 Å². The van der Waals surface area contributed by atoms with Crippen LogP contribution in [0.3, 0.4) is 0 Å². The Morgan fingerprint density at radius 1 is 1.14 bits per heavy atom. The van der Waals surface area contributed by atoms with Crippen LogP contribution in [0.5, 0.6) is 0 Å². The summed E-state index contributed by atoms with van der Waals surface area (Å²) in [6.45, 7) is 5.23. The molecular formula is C22H30F3N7O4S. The predicted molar refractivity (Wildman–Crippen MR) is 128 cm³/mol. The van der Waals surface area contributed by atoms with Crippen molar-refractivity contribution >= 4 is 21.8 Å². The van der Waals surface area contributed by atoms with Gasteiger partial charge < -0.3 is 20.5 Å². The van der Waals surface area contributed by atoms with Crippen LogP contribution in [0.1, 0.15) is 19.4 Å². The molecule has 4 heterocycles. The number of nitrogens with two attached hydrogens (primary N) is 1. The highest BCUT2D eigenvalue weighted by Gasteiger charge is 2.51. The summed E-state index contributed by atoms with van der Waals surface area (Å²) in [5.74, 6) is 0.354. The zero-order valence-corrected chi connectivity index (χ0v) is 21.3. The molecule has 0 radical (unpaired) electrons. The molecule has 0 amide bonds. The summed E-state index contributed by atoms with van der Waals surface area (Å²) in [5, 5.41) is 9.95. The summed E-state index contributed by atoms with van der Waals surface area (Å²) in [7, 11) is -3.87. The maximum Gasteiger partial charge on any atom is 0.421 e. The van der Waals surface area contributed by atoms with Crippen molar-refractivity contribution in [1.82, 2.24) is 24.2 Å². The number of hydrogen-bond acceptors (Lipinski definition) is 10. The molecule has 0 bridgehead atoms. The SMILES string of the molecule is C[C@H]1COCCN1C[C@H]1CN(S(=O)(=O)c2ccc(N)nc2)CCN1c1ncc(C(C)(O)C(F)(F)F)cn1. The summed E-state index contributed by atoms with van der Waals surface area (Å²) < 4.78 is 73.2. The van der Waals surface area contributed by atoms with Gasteiger partial charge in [-0.05, 0) is 26.0 Å². The van der Waals surface area contributed by atoms with E-state index in [0.29, 0.717) is 33.2 Å². The molecule has 4 rings (SSSR count). The molecule has 11 nitrogen and oxygen atoms in total. The Hall–Kier alpha value is -2.59. The van der Waals surface area contributed by atoms with E-state index in [-0.39, 0.29) is 42.3 Å². The number of aromatic nitrogens is 3. The molecule has 204 valence electrons. The molecule has 3 N–H and O–H groups in total. The summed E-state index contributed by atoms with van der Waals surface area (Å²) in [6, 6.07) is 2.51. The lowest BCUT2D eigenvalue weighted by atomic mass is 9.99. The smallest absolute Gasteiger partial charge is 0.384 e. The maximum absolute atomic E-state index is 13.3. The lowest BCUT2D eigenvalue weighted by molar-refractivity contribution is -0.259. The number of ether oxygens (including phenoxy) is 1. The Balaban J connectivity index is 1.61. The molecule has 37 heavy (non-hydrogen) atoms. The van der Waals surface area contributed by atoms with Crippen LogP contribution in [0, 0.1) is 0 Å². The minimum Gasteiger partial charge on any atom is -0.384 e. The number of aliphatic hydroxyl groups is 1. The molecule has 0 saturated carbocycles. The first-order valence-electron chi connectivity index (χ1n) is 11.7. The molecule has 0 aromatic carbocycles. The van der Waals surface area contributed by atoms with E-state index >= 15 is 0 Å². The number of rotatable bonds is 6. The normalized spacial score (nSPS) is 24.1. The molecule has 15 heteroatoms. The van der Waals surface area contributed by atoms with E-state index in [9.17, 15) is 26.7 Å². The Kier molecular flexibility index (Phi) is 7.63. The second-order valence-electron chi connectivity index (χ2n) is 9.39. The average Bonchev–Trinajstić information content (AvgIpc) is 2.85. The fraction of sp³-hybridized carbons (Fsp3) is 0.591. The standard InChI is InChI=1S/C22H30F3N7O4S/c1-15-14-36-8-7-30(15)12-17-13-31(37(34,35)18-3-4-19(26)27-11-18)5-6-32(17)20-28-9-16(10-29-20)21(2,33)22(23,24)25/h3-4,9-11,15,17,33H,5-8,12-14H2,1-2H3,(H2,26,27)/t15-,17-,21?/m0/s1. The number of nitrogen functional groups attached to an aromatic ring is 1. The van der Waals surface area contributed by atoms with Gasteiger partial charge in [-0.1, -0.05) is 0 Å². The molecule has 2 saturated heterocycles. The Morgan fingerprint density at radius 3 is 2.43 bits per heavy atom. The van der Waals surface area contributed by atoms with E-state index in [1.54, 1.807) is 4.90 Å². The fourth-order valence-corrected chi connectivity index (χ4v) is 5.76. The van der Waals surface area contributed by atoms with Crippen molar-refractivity contribution in [3.8, 4) is 0 Å². The molecule has 1 unspecified atom stereocenters. The van der Waals surface area contributed by atoms with Crippen molar-refractivity contribution in [2.75, 3.05) is 56.6 Å². The molecule has 2 aromatic heterocycles. The Morgan fingerprint density at radius 2 is 1.84 bits per heavy atom. The number of alkyl halides is 3. The number of pyridine rings is 1. The van der Waals surface area contributed by atoms with Crippen molar-refractivity contribution in [2.45, 2.75) is 42.6 Å². The van der Waals surface area contributed by atoms with Crippen molar-refractivity contribution in [1.29, 1.82) is 0 Å². The summed E-state index contributed by atoms with van der Waals surface area (Å²) in [5.41, 5.74) is 2.01. The predicted octanol–water partition coefficient (Wildman–Crippen LogP) is 0.824. The molecular weight excluding hydrogens is 515 g/mol. The van der Waals surface area contributed by atoms with Crippen LogP contribution in [-0.2, 0) is 20.4 Å². The number of nitrogens with zero attached hydrogens (tertiary/aromatic N) is 6. The third-order valence-corrected chi connectivity index (χ3v) is 8.65. The fourth-order valence-electron chi connectivity index (χ4n) is 4.35. The number of piperazine rings is 1. The summed E-state index contributed by atoms with van der Waals surface area (Å²) in [4.78, 5) is 16.1. The van der Waals surface area contributed by atoms with Gasteiger partial charge in [0.1, 0.15) is 10.7 Å². The molecule has 0 aliphatic carbocycles. The first-order chi connectivity index (χ1) is 17.3. The third kappa shape index (κ3) is 5.65. The highest BCUT2D eigenvalue weighted by molar-refractivity contribution is 7.89. The first kappa shape index (κ1) is 27.4. The second-order valence-corrected chi connectivity index (χ2v) is 11.3. The van der Waals surface area contributed by atoms with Crippen molar-refractivity contribution < 1.29 is 31.4 Å². The van der Waals surface area contributed by atoms with Gasteiger partial charge in [0.05, 0.1) is 19.3 Å². The number of anilines is 2. The van der Waals surface area contributed by atoms with Gasteiger partial charge in [-0.2, -0.15) is 17.5 Å². The summed E-state index contributed by atoms with van der Waals surface area (Å²) >= 11 is 0. The highest BCUT2D eigenvalue weighted by atomic mass is 32.2. The van der Waals surface area contributed by atoms with Gasteiger partial charge in [0.15, 0.2) is 5.60 Å². The van der Waals surface area contributed by atoms with E-state index < -0.39 is 33.4 Å². The van der Waals surface area contributed by atoms with Crippen LogP contribution < -0.4 is 10.6 Å². The Bertz CT molecular complexity index is 1180. The first-order valence-corrected chi connectivity index (χ1v) is 13.2. The largest absolute Gasteiger partial charge is 0.421 e. The van der Waals surface area contributed by atoms with Crippen molar-refractivity contribution in [2.24, 2.45) is 0 Å². The number of morpholine rings is 1. The van der Waals surface area contributed by atoms with Gasteiger partial charge in [-0.25, -0.2) is 23.4 Å². The van der Waals surface area contributed by atoms with Crippen LogP contribution in [0.4, 0.5) is 24.9 Å². The van der Waals surface area contributed by atoms with Crippen LogP contribution in [0.2, 0.25) is 0 Å². The minimum absolute atomic E-state index is 0.0172. The minimum atomic E-state index is -4.90. The molecule has 2 aromatic rings. The van der Waals surface area contributed by atoms with Crippen LogP contribution in [-0.4, -0.2) is 102 Å². The second kappa shape index (κ2) is 10.3. The third-order valence-electron chi connectivity index (χ3n) is 6.80. The van der Waals surface area contributed by atoms with Crippen molar-refractivity contribution in [3.63, 3.8) is 0 Å². The molecule has 2 fully saturated rings. The van der Waals surface area contributed by atoms with Gasteiger partial charge in [0.2, 0.25) is 16.0 Å². The molecule has 3 atom stereocenters. The molecule has 0 spiro atoms. The zero-order valence-electron chi connectivity index (χ0n) is 20.5. The summed E-state index contributed by atoms with van der Waals surface area (Å²) in [6.07, 6.45) is -1.78. The highest BCUT2D eigenvalue weighted by Crippen LogP contribution is 2.38. The van der Waals surface area contributed by atoms with Crippen LogP contribution in [0.25, 0.3) is 0 Å². The van der Waals surface area contributed by atoms with Crippen molar-refractivity contribution in [3.05, 3.63) is 36.3 Å². The lowest BCUT2D eigenvalue weighted by Crippen LogP contribution is -2.60. The lowest BCUT2D eigenvalue weighted by Gasteiger charge is -2.44. The van der Waals surface area contributed by atoms with Gasteiger partial charge in [-0.15, -0.1) is 0 Å². The van der Waals surface area contributed by atoms with E-state index in [1.165, 1.54) is 22.6 Å². The Labute approximate surface area is 213 Å². The quantitative estimate of drug-likeness (QED) is 0.537. The molecule has 2 aliphatic heterocycles. The number of halogens is 3. The van der Waals surface area contributed by atoms with E-state index in [4.69, 9.17) is 10.5 Å².